The summed E-state index contributed by atoms with van der Waals surface area (Å²) in [5.41, 5.74) is 0.635. The van der Waals surface area contributed by atoms with Crippen LogP contribution in [-0.4, -0.2) is 27.8 Å². The third kappa shape index (κ3) is 1.43. The molecule has 14 heavy (non-hydrogen) atoms. The highest BCUT2D eigenvalue weighted by Gasteiger charge is 2.23. The standard InChI is InChI=1S/C9H11NO3S/c1-13-7-2-3-9-8(6-7)10-4-5-14(9,11)12/h2-3,6,10H,4-5H2,1H3. The van der Waals surface area contributed by atoms with Crippen LogP contribution in [0.5, 0.6) is 5.75 Å². The lowest BCUT2D eigenvalue weighted by atomic mass is 10.3. The summed E-state index contributed by atoms with van der Waals surface area (Å²) in [4.78, 5) is 0.365. The monoisotopic (exact) mass is 213 g/mol. The van der Waals surface area contributed by atoms with Crippen molar-refractivity contribution in [1.82, 2.24) is 0 Å². The molecule has 2 rings (SSSR count). The smallest absolute Gasteiger partial charge is 0.182 e. The van der Waals surface area contributed by atoms with Crippen molar-refractivity contribution >= 4 is 15.5 Å². The molecule has 0 saturated carbocycles. The second-order valence-electron chi connectivity index (χ2n) is 3.11. The Morgan fingerprint density at radius 2 is 2.21 bits per heavy atom. The van der Waals surface area contributed by atoms with Crippen LogP contribution in [0.4, 0.5) is 5.69 Å². The fourth-order valence-electron chi connectivity index (χ4n) is 1.48. The summed E-state index contributed by atoms with van der Waals surface area (Å²) in [7, 11) is -1.53. The number of rotatable bonds is 1. The van der Waals surface area contributed by atoms with E-state index in [2.05, 4.69) is 5.32 Å². The van der Waals surface area contributed by atoms with Gasteiger partial charge in [-0.25, -0.2) is 8.42 Å². The normalized spacial score (nSPS) is 18.1. The minimum absolute atomic E-state index is 0.159. The molecule has 1 N–H and O–H groups in total. The Balaban J connectivity index is 2.58. The minimum Gasteiger partial charge on any atom is -0.497 e. The molecule has 0 spiro atoms. The Kier molecular flexibility index (Phi) is 2.11. The summed E-state index contributed by atoms with van der Waals surface area (Å²) in [6.07, 6.45) is 0. The first-order valence-corrected chi connectivity index (χ1v) is 5.93. The third-order valence-electron chi connectivity index (χ3n) is 2.21. The Bertz CT molecular complexity index is 453. The van der Waals surface area contributed by atoms with Gasteiger partial charge in [0.1, 0.15) is 5.75 Å². The van der Waals surface area contributed by atoms with E-state index in [0.717, 1.165) is 0 Å². The lowest BCUT2D eigenvalue weighted by molar-refractivity contribution is 0.414. The van der Waals surface area contributed by atoms with Gasteiger partial charge in [-0.3, -0.25) is 0 Å². The minimum atomic E-state index is -3.09. The molecular weight excluding hydrogens is 202 g/mol. The van der Waals surface area contributed by atoms with E-state index in [9.17, 15) is 8.42 Å². The van der Waals surface area contributed by atoms with Crippen molar-refractivity contribution in [2.45, 2.75) is 4.90 Å². The maximum atomic E-state index is 11.6. The summed E-state index contributed by atoms with van der Waals surface area (Å²) in [6.45, 7) is 0.461. The van der Waals surface area contributed by atoms with Crippen LogP contribution in [-0.2, 0) is 9.84 Å². The van der Waals surface area contributed by atoms with Crippen molar-refractivity contribution in [1.29, 1.82) is 0 Å². The van der Waals surface area contributed by atoms with Gasteiger partial charge >= 0.3 is 0 Å². The zero-order valence-electron chi connectivity index (χ0n) is 7.78. The van der Waals surface area contributed by atoms with Gasteiger partial charge in [0.2, 0.25) is 0 Å². The van der Waals surface area contributed by atoms with E-state index >= 15 is 0 Å². The van der Waals surface area contributed by atoms with Gasteiger partial charge in [0.15, 0.2) is 9.84 Å². The van der Waals surface area contributed by atoms with E-state index < -0.39 is 9.84 Å². The van der Waals surface area contributed by atoms with E-state index in [1.54, 1.807) is 25.3 Å². The van der Waals surface area contributed by atoms with Gasteiger partial charge in [0.25, 0.3) is 0 Å². The predicted octanol–water partition coefficient (Wildman–Crippen LogP) is 0.894. The van der Waals surface area contributed by atoms with Crippen molar-refractivity contribution in [2.75, 3.05) is 24.7 Å². The highest BCUT2D eigenvalue weighted by molar-refractivity contribution is 7.91. The molecule has 1 aromatic carbocycles. The number of hydrogen-bond donors (Lipinski definition) is 1. The molecule has 76 valence electrons. The molecule has 1 heterocycles. The average Bonchev–Trinajstić information content (AvgIpc) is 2.16. The van der Waals surface area contributed by atoms with Crippen molar-refractivity contribution in [2.24, 2.45) is 0 Å². The lowest BCUT2D eigenvalue weighted by Gasteiger charge is -2.18. The zero-order valence-corrected chi connectivity index (χ0v) is 8.60. The van der Waals surface area contributed by atoms with Crippen LogP contribution in [0, 0.1) is 0 Å². The number of hydrogen-bond acceptors (Lipinski definition) is 4. The number of nitrogens with one attached hydrogen (secondary N) is 1. The van der Waals surface area contributed by atoms with Gasteiger partial charge in [-0.2, -0.15) is 0 Å². The summed E-state index contributed by atoms with van der Waals surface area (Å²) in [5.74, 6) is 0.820. The molecule has 0 atom stereocenters. The van der Waals surface area contributed by atoms with Crippen LogP contribution in [0.2, 0.25) is 0 Å². The van der Waals surface area contributed by atoms with E-state index in [1.165, 1.54) is 0 Å². The second kappa shape index (κ2) is 3.16. The van der Waals surface area contributed by atoms with Gasteiger partial charge in [-0.15, -0.1) is 0 Å². The summed E-state index contributed by atoms with van der Waals surface area (Å²) >= 11 is 0. The molecular formula is C9H11NO3S. The van der Waals surface area contributed by atoms with Crippen LogP contribution in [0.25, 0.3) is 0 Å². The Hall–Kier alpha value is -1.23. The van der Waals surface area contributed by atoms with Crippen LogP contribution >= 0.6 is 0 Å². The molecule has 1 aliphatic rings. The van der Waals surface area contributed by atoms with Crippen LogP contribution in [0.3, 0.4) is 0 Å². The Labute approximate surface area is 82.8 Å². The summed E-state index contributed by atoms with van der Waals surface area (Å²) in [6, 6.07) is 4.94. The lowest BCUT2D eigenvalue weighted by Crippen LogP contribution is -2.23. The second-order valence-corrected chi connectivity index (χ2v) is 5.19. The van der Waals surface area contributed by atoms with Crippen LogP contribution in [0.1, 0.15) is 0 Å². The summed E-state index contributed by atoms with van der Waals surface area (Å²) in [5, 5.41) is 3.03. The SMILES string of the molecule is COc1ccc2c(c1)NCCS2(=O)=O. The van der Waals surface area contributed by atoms with Crippen molar-refractivity contribution in [3.63, 3.8) is 0 Å². The first kappa shape index (κ1) is 9.33. The number of fused-ring (bicyclic) bond motifs is 1. The quantitative estimate of drug-likeness (QED) is 0.753. The van der Waals surface area contributed by atoms with Crippen LogP contribution in [0.15, 0.2) is 23.1 Å². The van der Waals surface area contributed by atoms with E-state index in [4.69, 9.17) is 4.74 Å². The average molecular weight is 213 g/mol. The zero-order chi connectivity index (χ0) is 10.2. The number of sulfone groups is 1. The number of ether oxygens (including phenoxy) is 1. The molecule has 0 bridgehead atoms. The highest BCUT2D eigenvalue weighted by Crippen LogP contribution is 2.29. The van der Waals surface area contributed by atoms with Crippen molar-refractivity contribution in [3.05, 3.63) is 18.2 Å². The molecule has 4 nitrogen and oxygen atoms in total. The molecule has 0 radical (unpaired) electrons. The molecule has 0 aliphatic carbocycles. The first-order valence-electron chi connectivity index (χ1n) is 4.28. The fraction of sp³-hybridized carbons (Fsp3) is 0.333. The van der Waals surface area contributed by atoms with E-state index in [-0.39, 0.29) is 5.75 Å². The molecule has 5 heteroatoms. The van der Waals surface area contributed by atoms with Gasteiger partial charge in [-0.1, -0.05) is 0 Å². The molecule has 1 aromatic rings. The first-order chi connectivity index (χ1) is 6.63. The molecule has 0 saturated heterocycles. The number of benzene rings is 1. The third-order valence-corrected chi connectivity index (χ3v) is 3.98. The number of anilines is 1. The molecule has 0 amide bonds. The van der Waals surface area contributed by atoms with Gasteiger partial charge < -0.3 is 10.1 Å². The van der Waals surface area contributed by atoms with E-state index in [1.807, 2.05) is 0 Å². The molecule has 0 unspecified atom stereocenters. The van der Waals surface area contributed by atoms with Crippen molar-refractivity contribution < 1.29 is 13.2 Å². The predicted molar refractivity (Wildman–Crippen MR) is 53.5 cm³/mol. The maximum Gasteiger partial charge on any atom is 0.182 e. The van der Waals surface area contributed by atoms with Crippen LogP contribution < -0.4 is 10.1 Å². The van der Waals surface area contributed by atoms with Gasteiger partial charge in [0, 0.05) is 12.6 Å². The fourth-order valence-corrected chi connectivity index (χ4v) is 2.81. The van der Waals surface area contributed by atoms with Gasteiger partial charge in [0.05, 0.1) is 23.4 Å². The van der Waals surface area contributed by atoms with Crippen molar-refractivity contribution in [3.8, 4) is 5.75 Å². The highest BCUT2D eigenvalue weighted by atomic mass is 32.2. The topological polar surface area (TPSA) is 55.4 Å². The van der Waals surface area contributed by atoms with E-state index in [0.29, 0.717) is 22.9 Å². The van der Waals surface area contributed by atoms with Gasteiger partial charge in [-0.05, 0) is 12.1 Å². The number of methoxy groups -OCH3 is 1. The molecule has 0 aromatic heterocycles. The largest absolute Gasteiger partial charge is 0.497 e. The maximum absolute atomic E-state index is 11.6. The summed E-state index contributed by atoms with van der Waals surface area (Å²) < 4.78 is 28.2. The Morgan fingerprint density at radius 3 is 2.93 bits per heavy atom. The molecule has 0 fully saturated rings. The molecule has 1 aliphatic heterocycles. The Morgan fingerprint density at radius 1 is 1.43 bits per heavy atom.